The maximum absolute atomic E-state index is 14.5. The van der Waals surface area contributed by atoms with E-state index in [0.29, 0.717) is 38.5 Å². The average molecular weight is 667 g/mol. The highest BCUT2D eigenvalue weighted by molar-refractivity contribution is 5.79. The zero-order chi connectivity index (χ0) is 34.7. The number of aliphatic hydroxyl groups is 8. The van der Waals surface area contributed by atoms with E-state index in [4.69, 9.17) is 9.47 Å². The van der Waals surface area contributed by atoms with Gasteiger partial charge in [-0.2, -0.15) is 0 Å². The molecule has 4 saturated carbocycles. The molecule has 268 valence electrons. The topological polar surface area (TPSA) is 197 Å². The van der Waals surface area contributed by atoms with Crippen LogP contribution in [0.4, 0.5) is 0 Å². The largest absolute Gasteiger partial charge is 0.432 e. The summed E-state index contributed by atoms with van der Waals surface area (Å²) in [7, 11) is 0. The van der Waals surface area contributed by atoms with Gasteiger partial charge in [0.1, 0.15) is 24.4 Å². The first-order chi connectivity index (χ1) is 21.8. The average Bonchev–Trinajstić information content (AvgIpc) is 3.02. The van der Waals surface area contributed by atoms with Crippen LogP contribution in [0, 0.1) is 50.7 Å². The Morgan fingerprint density at radius 1 is 0.915 bits per heavy atom. The number of fused-ring (bicyclic) bond motifs is 7. The van der Waals surface area contributed by atoms with Crippen molar-refractivity contribution in [1.29, 1.82) is 0 Å². The molecule has 0 aromatic rings. The third-order valence-electron chi connectivity index (χ3n) is 15.6. The zero-order valence-electron chi connectivity index (χ0n) is 28.8. The Bertz CT molecular complexity index is 1270. The smallest absolute Gasteiger partial charge is 0.315 e. The lowest BCUT2D eigenvalue weighted by Gasteiger charge is -2.72. The molecule has 0 radical (unpaired) electrons. The molecule has 8 N–H and O–H groups in total. The molecular formula is C36H58O11. The molecule has 1 heterocycles. The second-order valence-electron chi connectivity index (χ2n) is 17.5. The molecule has 47 heavy (non-hydrogen) atoms. The molecule has 6 rings (SSSR count). The Kier molecular flexibility index (Phi) is 8.68. The van der Waals surface area contributed by atoms with E-state index in [1.165, 1.54) is 0 Å². The van der Waals surface area contributed by atoms with E-state index < -0.39 is 83.3 Å². The SMILES string of the molecule is C[C@H]1CC[C@]2(C(=O)O[C@@H]3O[C@H](CO)[C@@H](O)[C@H](O)[C@H]3O)CC[C@]3(C)C(=CC[C@@H]4[C@@]5(C)C[C@@H](O)[C@H](O)[C@](C)(CO)[C@@H]5CC[C@]43C)[C@@H]2[C@]1(C)O. The number of hydrogen-bond acceptors (Lipinski definition) is 11. The molecule has 0 aromatic carbocycles. The molecule has 11 nitrogen and oxygen atoms in total. The van der Waals surface area contributed by atoms with Crippen LogP contribution in [0.3, 0.4) is 0 Å². The molecule has 6 aliphatic rings. The van der Waals surface area contributed by atoms with Gasteiger partial charge in [-0.05, 0) is 92.3 Å². The number of carbonyl (C=O) groups excluding carboxylic acids is 1. The molecule has 1 aliphatic heterocycles. The third kappa shape index (κ3) is 4.60. The predicted octanol–water partition coefficient (Wildman–Crippen LogP) is 1.41. The van der Waals surface area contributed by atoms with Gasteiger partial charge in [0.05, 0.1) is 36.4 Å². The van der Waals surface area contributed by atoms with Gasteiger partial charge in [0, 0.05) is 11.3 Å². The minimum Gasteiger partial charge on any atom is -0.432 e. The van der Waals surface area contributed by atoms with Gasteiger partial charge in [-0.25, -0.2) is 0 Å². The Morgan fingerprint density at radius 2 is 1.60 bits per heavy atom. The second-order valence-corrected chi connectivity index (χ2v) is 17.5. The molecule has 0 unspecified atom stereocenters. The fourth-order valence-electron chi connectivity index (χ4n) is 12.4. The molecule has 0 aromatic heterocycles. The molecule has 5 fully saturated rings. The van der Waals surface area contributed by atoms with Gasteiger partial charge >= 0.3 is 5.97 Å². The van der Waals surface area contributed by atoms with Crippen LogP contribution in [0.15, 0.2) is 11.6 Å². The third-order valence-corrected chi connectivity index (χ3v) is 15.6. The van der Waals surface area contributed by atoms with Crippen molar-refractivity contribution in [2.75, 3.05) is 13.2 Å². The van der Waals surface area contributed by atoms with E-state index in [9.17, 15) is 45.6 Å². The van der Waals surface area contributed by atoms with E-state index in [-0.39, 0.29) is 35.2 Å². The Balaban J connectivity index is 1.40. The van der Waals surface area contributed by atoms with Crippen LogP contribution in [0.1, 0.15) is 92.9 Å². The number of esters is 1. The van der Waals surface area contributed by atoms with Crippen LogP contribution < -0.4 is 0 Å². The van der Waals surface area contributed by atoms with Crippen LogP contribution in [-0.2, 0) is 14.3 Å². The minimum absolute atomic E-state index is 0.00373. The number of hydrogen-bond donors (Lipinski definition) is 8. The van der Waals surface area contributed by atoms with E-state index in [1.54, 1.807) is 0 Å². The summed E-state index contributed by atoms with van der Waals surface area (Å²) >= 11 is 0. The second kappa shape index (κ2) is 11.4. The van der Waals surface area contributed by atoms with Crippen molar-refractivity contribution >= 4 is 5.97 Å². The van der Waals surface area contributed by atoms with Crippen LogP contribution in [-0.4, -0.2) is 109 Å². The van der Waals surface area contributed by atoms with Crippen LogP contribution in [0.25, 0.3) is 0 Å². The van der Waals surface area contributed by atoms with Gasteiger partial charge < -0.3 is 50.3 Å². The summed E-state index contributed by atoms with van der Waals surface area (Å²) in [6, 6.07) is 0. The van der Waals surface area contributed by atoms with Gasteiger partial charge in [-0.3, -0.25) is 4.79 Å². The molecule has 1 saturated heterocycles. The van der Waals surface area contributed by atoms with Crippen molar-refractivity contribution < 1.29 is 55.1 Å². The van der Waals surface area contributed by atoms with E-state index in [0.717, 1.165) is 18.4 Å². The lowest BCUT2D eigenvalue weighted by molar-refractivity contribution is -0.299. The van der Waals surface area contributed by atoms with Gasteiger partial charge in [0.2, 0.25) is 6.29 Å². The van der Waals surface area contributed by atoms with Gasteiger partial charge in [-0.15, -0.1) is 0 Å². The molecule has 0 bridgehead atoms. The zero-order valence-corrected chi connectivity index (χ0v) is 28.8. The van der Waals surface area contributed by atoms with E-state index >= 15 is 0 Å². The maximum atomic E-state index is 14.5. The standard InChI is InChI=1S/C36H58O11/c1-18-9-12-36(30(44)47-29-26(42)25(41)24(40)21(16-37)46-29)14-13-33(4)19(27(36)35(18,6)45)7-8-23-31(2)15-20(39)28(43)32(3,17-38)22(31)10-11-34(23,33)5/h7,18,20-29,37-43,45H,8-17H2,1-6H3/t18-,20+,21+,22+,23+,24+,25-,26+,27+,28-,29-,31-,32+,33+,34+,35+,36-/m0/s1. The highest BCUT2D eigenvalue weighted by atomic mass is 16.7. The maximum Gasteiger partial charge on any atom is 0.315 e. The number of allylic oxidation sites excluding steroid dienone is 1. The van der Waals surface area contributed by atoms with Gasteiger partial charge in [0.15, 0.2) is 0 Å². The predicted molar refractivity (Wildman–Crippen MR) is 169 cm³/mol. The monoisotopic (exact) mass is 666 g/mol. The van der Waals surface area contributed by atoms with E-state index in [2.05, 4.69) is 26.8 Å². The summed E-state index contributed by atoms with van der Waals surface area (Å²) in [5.41, 5.74) is -3.27. The van der Waals surface area contributed by atoms with Crippen molar-refractivity contribution in [2.24, 2.45) is 50.7 Å². The summed E-state index contributed by atoms with van der Waals surface area (Å²) < 4.78 is 11.4. The molecule has 17 atom stereocenters. The van der Waals surface area contributed by atoms with Crippen molar-refractivity contribution in [3.8, 4) is 0 Å². The van der Waals surface area contributed by atoms with Crippen LogP contribution in [0.5, 0.6) is 0 Å². The summed E-state index contributed by atoms with van der Waals surface area (Å²) in [5, 5.41) is 86.2. The van der Waals surface area contributed by atoms with Crippen molar-refractivity contribution in [1.82, 2.24) is 0 Å². The summed E-state index contributed by atoms with van der Waals surface area (Å²) in [4.78, 5) is 14.5. The number of rotatable bonds is 4. The first-order valence-electron chi connectivity index (χ1n) is 17.7. The molecule has 0 spiro atoms. The lowest BCUT2D eigenvalue weighted by Crippen LogP contribution is -2.69. The Hall–Kier alpha value is -1.15. The number of ether oxygens (including phenoxy) is 2. The minimum atomic E-state index is -1.72. The fourth-order valence-corrected chi connectivity index (χ4v) is 12.4. The number of aliphatic hydroxyl groups excluding tert-OH is 7. The van der Waals surface area contributed by atoms with E-state index in [1.807, 2.05) is 20.8 Å². The molecule has 11 heteroatoms. The van der Waals surface area contributed by atoms with Crippen molar-refractivity contribution in [3.63, 3.8) is 0 Å². The lowest BCUT2D eigenvalue weighted by atomic mass is 9.33. The van der Waals surface area contributed by atoms with Crippen LogP contribution >= 0.6 is 0 Å². The number of carbonyl (C=O) groups is 1. The Labute approximate surface area is 278 Å². The van der Waals surface area contributed by atoms with Gasteiger partial charge in [0.25, 0.3) is 0 Å². The summed E-state index contributed by atoms with van der Waals surface area (Å²) in [6.45, 7) is 11.6. The van der Waals surface area contributed by atoms with Gasteiger partial charge in [-0.1, -0.05) is 46.3 Å². The Morgan fingerprint density at radius 3 is 2.23 bits per heavy atom. The fraction of sp³-hybridized carbons (Fsp3) is 0.917. The molecule has 0 amide bonds. The van der Waals surface area contributed by atoms with Crippen molar-refractivity contribution in [3.05, 3.63) is 11.6 Å². The van der Waals surface area contributed by atoms with Crippen LogP contribution in [0.2, 0.25) is 0 Å². The highest BCUT2D eigenvalue weighted by Gasteiger charge is 2.72. The first kappa shape index (κ1) is 35.7. The normalized spacial score (nSPS) is 57.5. The summed E-state index contributed by atoms with van der Waals surface area (Å²) in [6.07, 6.45) is -2.75. The molecule has 5 aliphatic carbocycles. The quantitative estimate of drug-likeness (QED) is 0.160. The first-order valence-corrected chi connectivity index (χ1v) is 17.7. The van der Waals surface area contributed by atoms with Crippen molar-refractivity contribution in [2.45, 2.75) is 141 Å². The summed E-state index contributed by atoms with van der Waals surface area (Å²) in [5.74, 6) is -1.23. The highest BCUT2D eigenvalue weighted by Crippen LogP contribution is 2.76. The molecular weight excluding hydrogens is 608 g/mol.